The van der Waals surface area contributed by atoms with E-state index >= 15 is 0 Å². The van der Waals surface area contributed by atoms with E-state index in [9.17, 15) is 18.9 Å². The van der Waals surface area contributed by atoms with E-state index in [4.69, 9.17) is 4.74 Å². The number of fused-ring (bicyclic) bond motifs is 3. The van der Waals surface area contributed by atoms with Crippen molar-refractivity contribution in [2.45, 2.75) is 94.9 Å². The lowest BCUT2D eigenvalue weighted by atomic mass is 9.99. The maximum atomic E-state index is 14.8. The second-order valence-electron chi connectivity index (χ2n) is 12.6. The van der Waals surface area contributed by atoms with Crippen LogP contribution in [0.5, 0.6) is 5.88 Å². The van der Waals surface area contributed by atoms with Crippen molar-refractivity contribution >= 4 is 36.0 Å². The number of nitrogens with one attached hydrogen (secondary N) is 2. The maximum Gasteiger partial charge on any atom is 0.407 e. The van der Waals surface area contributed by atoms with Crippen molar-refractivity contribution in [3.63, 3.8) is 0 Å². The zero-order valence-electron chi connectivity index (χ0n) is 24.2. The molecule has 40 heavy (non-hydrogen) atoms. The van der Waals surface area contributed by atoms with Crippen LogP contribution in [0.25, 0.3) is 0 Å². The first-order chi connectivity index (χ1) is 18.7. The molecule has 13 heteroatoms. The normalized spacial score (nSPS) is 19.6. The third-order valence-electron chi connectivity index (χ3n) is 8.89. The van der Waals surface area contributed by atoms with Crippen LogP contribution in [-0.4, -0.2) is 64.1 Å². The molecule has 1 aromatic heterocycles. The smallest absolute Gasteiger partial charge is 0.407 e. The molecule has 0 spiro atoms. The Bertz CT molecular complexity index is 1450. The summed E-state index contributed by atoms with van der Waals surface area (Å²) in [5.74, 6) is 0.240. The molecule has 1 aliphatic heterocycles. The molecule has 2 aromatic rings. The lowest BCUT2D eigenvalue weighted by Crippen LogP contribution is -2.54. The number of nitrogens with zero attached hydrogens (tertiary/aromatic N) is 4. The Morgan fingerprint density at radius 1 is 1.18 bits per heavy atom. The van der Waals surface area contributed by atoms with Gasteiger partial charge in [0.2, 0.25) is 5.88 Å². The van der Waals surface area contributed by atoms with Gasteiger partial charge in [0.05, 0.1) is 18.8 Å². The molecule has 0 saturated carbocycles. The molecule has 0 radical (unpaired) electrons. The summed E-state index contributed by atoms with van der Waals surface area (Å²) in [7, 11) is -4.50. The molecular weight excluding hydrogens is 548 g/mol. The molecule has 3 amide bonds. The van der Waals surface area contributed by atoms with Gasteiger partial charge in [-0.25, -0.2) is 22.9 Å². The number of ether oxygens (including phenoxy) is 1. The minimum Gasteiger partial charge on any atom is -0.475 e. The summed E-state index contributed by atoms with van der Waals surface area (Å²) in [6, 6.07) is 1.18. The molecule has 3 N–H and O–H groups in total. The molecule has 0 saturated heterocycles. The van der Waals surface area contributed by atoms with Gasteiger partial charge in [-0.3, -0.25) is 0 Å². The fourth-order valence-corrected chi connectivity index (χ4v) is 11.1. The van der Waals surface area contributed by atoms with E-state index in [1.807, 2.05) is 0 Å². The summed E-state index contributed by atoms with van der Waals surface area (Å²) in [4.78, 5) is 26.5. The van der Waals surface area contributed by atoms with E-state index < -0.39 is 36.3 Å². The van der Waals surface area contributed by atoms with Crippen LogP contribution in [0.3, 0.4) is 0 Å². The molecule has 2 heterocycles. The van der Waals surface area contributed by atoms with Gasteiger partial charge in [-0.15, -0.1) is 4.36 Å². The van der Waals surface area contributed by atoms with E-state index in [0.29, 0.717) is 0 Å². The predicted molar refractivity (Wildman–Crippen MR) is 156 cm³/mol. The maximum absolute atomic E-state index is 14.8. The number of aromatic nitrogens is 2. The molecular formula is C27H40N6O5SSi. The van der Waals surface area contributed by atoms with E-state index in [1.165, 1.54) is 45.1 Å². The predicted octanol–water partition coefficient (Wildman–Crippen LogP) is 4.80. The van der Waals surface area contributed by atoms with Crippen molar-refractivity contribution < 1.29 is 23.6 Å². The van der Waals surface area contributed by atoms with Crippen molar-refractivity contribution in [2.75, 3.05) is 19.0 Å². The fraction of sp³-hybridized carbons (Fsp3) is 0.593. The molecule has 5 rings (SSSR count). The van der Waals surface area contributed by atoms with Crippen LogP contribution in [0.15, 0.2) is 21.5 Å². The number of rotatable bonds is 5. The Kier molecular flexibility index (Phi) is 7.28. The molecule has 2 aliphatic carbocycles. The zero-order valence-corrected chi connectivity index (χ0v) is 26.0. The monoisotopic (exact) mass is 588 g/mol. The number of amides is 3. The van der Waals surface area contributed by atoms with Crippen LogP contribution in [0.4, 0.5) is 15.3 Å². The first-order valence-electron chi connectivity index (χ1n) is 13.9. The summed E-state index contributed by atoms with van der Waals surface area (Å²) in [5, 5.41) is 16.6. The van der Waals surface area contributed by atoms with Gasteiger partial charge in [0.1, 0.15) is 29.7 Å². The zero-order chi connectivity index (χ0) is 29.0. The van der Waals surface area contributed by atoms with Gasteiger partial charge in [-0.2, -0.15) is 5.10 Å². The topological polar surface area (TPSA) is 138 Å². The van der Waals surface area contributed by atoms with Crippen LogP contribution in [-0.2, 0) is 42.1 Å². The summed E-state index contributed by atoms with van der Waals surface area (Å²) >= 11 is 0. The van der Waals surface area contributed by atoms with Gasteiger partial charge in [0.15, 0.2) is 0 Å². The van der Waals surface area contributed by atoms with E-state index in [-0.39, 0.29) is 29.0 Å². The molecule has 2 atom stereocenters. The molecule has 1 unspecified atom stereocenters. The molecule has 3 aliphatic rings. The van der Waals surface area contributed by atoms with Crippen molar-refractivity contribution in [2.24, 2.45) is 4.36 Å². The summed E-state index contributed by atoms with van der Waals surface area (Å²) in [5.41, 5.74) is 5.77. The van der Waals surface area contributed by atoms with Crippen LogP contribution < -0.4 is 14.4 Å². The number of carbonyl (C=O) groups is 2. The number of carbonyl (C=O) groups excluding carboxylic acids is 1. The third-order valence-corrected chi connectivity index (χ3v) is 17.1. The third kappa shape index (κ3) is 5.14. The lowest BCUT2D eigenvalue weighted by molar-refractivity contribution is 0.0874. The number of benzene rings is 1. The van der Waals surface area contributed by atoms with E-state index in [0.717, 1.165) is 44.2 Å². The highest BCUT2D eigenvalue weighted by atomic mass is 32.2. The second kappa shape index (κ2) is 10.2. The van der Waals surface area contributed by atoms with Crippen molar-refractivity contribution in [3.8, 4) is 5.88 Å². The van der Waals surface area contributed by atoms with Gasteiger partial charge in [-0.05, 0) is 65.8 Å². The van der Waals surface area contributed by atoms with Crippen LogP contribution >= 0.6 is 0 Å². The largest absolute Gasteiger partial charge is 0.475 e. The van der Waals surface area contributed by atoms with E-state index in [1.54, 1.807) is 0 Å². The number of likely N-dealkylation sites (N-methyl/N-ethyl adjacent to an activating group) is 1. The van der Waals surface area contributed by atoms with Crippen LogP contribution in [0.1, 0.15) is 55.9 Å². The number of carboxylic acid groups (broad SMARTS) is 1. The highest BCUT2D eigenvalue weighted by molar-refractivity contribution is 7.93. The summed E-state index contributed by atoms with van der Waals surface area (Å²) < 4.78 is 30.0. The first kappa shape index (κ1) is 28.6. The Labute approximate surface area is 237 Å². The quantitative estimate of drug-likeness (QED) is 0.429. The van der Waals surface area contributed by atoms with Gasteiger partial charge >= 0.3 is 12.1 Å². The van der Waals surface area contributed by atoms with Crippen molar-refractivity contribution in [1.82, 2.24) is 19.1 Å². The molecule has 1 aromatic carbocycles. The summed E-state index contributed by atoms with van der Waals surface area (Å²) in [6.45, 7) is 10.7. The fourth-order valence-electron chi connectivity index (χ4n) is 5.48. The average Bonchev–Trinajstić information content (AvgIpc) is 3.61. The summed E-state index contributed by atoms with van der Waals surface area (Å²) in [6.07, 6.45) is 6.29. The van der Waals surface area contributed by atoms with Gasteiger partial charge in [0, 0.05) is 12.7 Å². The Hall–Kier alpha value is -2.90. The second-order valence-corrected chi connectivity index (χ2v) is 19.9. The van der Waals surface area contributed by atoms with Crippen LogP contribution in [0, 0.1) is 0 Å². The first-order valence-corrected chi connectivity index (χ1v) is 18.4. The molecule has 218 valence electrons. The number of urea groups is 1. The van der Waals surface area contributed by atoms with Crippen molar-refractivity contribution in [3.05, 3.63) is 34.5 Å². The van der Waals surface area contributed by atoms with E-state index in [2.05, 4.69) is 59.1 Å². The Morgan fingerprint density at radius 2 is 1.80 bits per heavy atom. The number of hydrogen-bond acceptors (Lipinski definition) is 5. The van der Waals surface area contributed by atoms with Gasteiger partial charge < -0.3 is 20.1 Å². The SMILES string of the molecule is CN(C(=O)O)[C@H]1COc2c(S(=O)(=NC(=O)Nc3c4c(cc5c3CCC5)CCC4)N[Si](C)(C)C(C)(C)C)cnn2C1. The minimum atomic E-state index is -3.52. The van der Waals surface area contributed by atoms with Gasteiger partial charge in [0.25, 0.3) is 0 Å². The Morgan fingerprint density at radius 3 is 2.38 bits per heavy atom. The Balaban J connectivity index is 1.54. The minimum absolute atomic E-state index is 0.0750. The van der Waals surface area contributed by atoms with Gasteiger partial charge in [-0.1, -0.05) is 39.9 Å². The molecule has 11 nitrogen and oxygen atoms in total. The highest BCUT2D eigenvalue weighted by Crippen LogP contribution is 2.40. The molecule has 0 bridgehead atoms. The lowest BCUT2D eigenvalue weighted by Gasteiger charge is -2.38. The molecule has 0 fully saturated rings. The number of hydrogen-bond donors (Lipinski definition) is 3. The van der Waals surface area contributed by atoms with Crippen molar-refractivity contribution in [1.29, 1.82) is 0 Å². The highest BCUT2D eigenvalue weighted by Gasteiger charge is 2.41. The average molecular weight is 589 g/mol. The number of aryl methyl sites for hydroxylation is 2. The van der Waals surface area contributed by atoms with Crippen LogP contribution in [0.2, 0.25) is 18.1 Å². The number of anilines is 1. The standard InChI is InChI=1S/C27H40N6O5SSi/c1-27(2,3)40(5,6)31-39(37,22-14-28-33-15-19(16-38-24(22)33)32(4)26(35)36)30-25(34)29-23-20-11-7-9-17(20)13-18-10-8-12-21(18)23/h13-14,19H,7-12,15-16H2,1-6H3,(H,35,36)(H2,29,30,31,34,37)/t19-,39?/m1/s1.